The van der Waals surface area contributed by atoms with Crippen molar-refractivity contribution in [2.75, 3.05) is 31.7 Å². The molecule has 1 aromatic carbocycles. The first kappa shape index (κ1) is 35.6. The molecule has 0 radical (unpaired) electrons. The van der Waals surface area contributed by atoms with E-state index in [2.05, 4.69) is 31.1 Å². The Hall–Kier alpha value is -2.92. The summed E-state index contributed by atoms with van der Waals surface area (Å²) < 4.78 is 16.9. The van der Waals surface area contributed by atoms with Gasteiger partial charge in [0.05, 0.1) is 23.9 Å². The van der Waals surface area contributed by atoms with E-state index >= 15 is 0 Å². The molecule has 2 heterocycles. The number of nitrogens with zero attached hydrogens (tertiary/aromatic N) is 2. The summed E-state index contributed by atoms with van der Waals surface area (Å²) in [6.45, 7) is 13.4. The molecule has 1 unspecified atom stereocenters. The summed E-state index contributed by atoms with van der Waals surface area (Å²) >= 11 is 0. The van der Waals surface area contributed by atoms with E-state index in [9.17, 15) is 14.4 Å². The molecule has 1 fully saturated rings. The summed E-state index contributed by atoms with van der Waals surface area (Å²) in [7, 11) is 3.09. The van der Waals surface area contributed by atoms with Crippen molar-refractivity contribution < 1.29 is 28.6 Å². The van der Waals surface area contributed by atoms with Crippen LogP contribution in [0.4, 0.5) is 10.5 Å². The van der Waals surface area contributed by atoms with Gasteiger partial charge in [0, 0.05) is 31.0 Å². The molecule has 44 heavy (non-hydrogen) atoms. The number of aryl methyl sites for hydroxylation is 1. The molecule has 0 spiro atoms. The summed E-state index contributed by atoms with van der Waals surface area (Å²) in [6, 6.07) is 8.98. The van der Waals surface area contributed by atoms with Gasteiger partial charge in [-0.2, -0.15) is 0 Å². The highest BCUT2D eigenvalue weighted by molar-refractivity contribution is 8.76. The Balaban J connectivity index is 1.68. The quantitative estimate of drug-likeness (QED) is 0.117. The largest absolute Gasteiger partial charge is 0.493 e. The standard InChI is InChI=1S/C33H47N3O6S2/c1-23-19-27(31(38)36-17-12-13-26(36)22-41-25(3)37)28(20-29(23)40-18-11-7-9-15-33(4,5)6)35-32(39)42-21-24(2)43-44-30-14-8-10-16-34-30/h8,10,14,16,19-20,24,26H,7,9,11-13,15,17-18,21-22H2,1-6H3,(H,35,39)/t24?,26-/m0/s1. The number of carbonyl (C=O) groups excluding carboxylic acids is 3. The number of anilines is 1. The fourth-order valence-electron chi connectivity index (χ4n) is 4.78. The Kier molecular flexibility index (Phi) is 14.2. The van der Waals surface area contributed by atoms with Crippen molar-refractivity contribution in [1.82, 2.24) is 9.88 Å². The van der Waals surface area contributed by atoms with Crippen LogP contribution in [0.5, 0.6) is 5.75 Å². The fourth-order valence-corrected chi connectivity index (χ4v) is 6.65. The molecule has 1 saturated heterocycles. The lowest BCUT2D eigenvalue weighted by Gasteiger charge is -2.26. The summed E-state index contributed by atoms with van der Waals surface area (Å²) in [5.74, 6) is -0.000293. The Bertz CT molecular complexity index is 1240. The van der Waals surface area contributed by atoms with Gasteiger partial charge in [-0.1, -0.05) is 50.5 Å². The number of amides is 2. The molecule has 2 atom stereocenters. The van der Waals surface area contributed by atoms with Crippen LogP contribution in [-0.4, -0.2) is 65.5 Å². The SMILES string of the molecule is CC(=O)OC[C@@H]1CCCN1C(=O)c1cc(C)c(OCCCCCC(C)(C)C)cc1NC(=O)OCC(C)SSc1ccccn1. The van der Waals surface area contributed by atoms with E-state index < -0.39 is 6.09 Å². The lowest BCUT2D eigenvalue weighted by Crippen LogP contribution is -2.39. The summed E-state index contributed by atoms with van der Waals surface area (Å²) in [6.07, 6.45) is 6.92. The van der Waals surface area contributed by atoms with Crippen molar-refractivity contribution in [3.63, 3.8) is 0 Å². The number of unbranched alkanes of at least 4 members (excludes halogenated alkanes) is 2. The highest BCUT2D eigenvalue weighted by Gasteiger charge is 2.32. The van der Waals surface area contributed by atoms with Crippen molar-refractivity contribution in [3.05, 3.63) is 47.7 Å². The highest BCUT2D eigenvalue weighted by atomic mass is 33.1. The van der Waals surface area contributed by atoms with Crippen LogP contribution in [0.25, 0.3) is 0 Å². The molecule has 11 heteroatoms. The second-order valence-corrected chi connectivity index (χ2v) is 15.0. The van der Waals surface area contributed by atoms with E-state index in [1.165, 1.54) is 17.7 Å². The van der Waals surface area contributed by atoms with E-state index in [0.29, 0.717) is 35.6 Å². The van der Waals surface area contributed by atoms with Gasteiger partial charge >= 0.3 is 12.1 Å². The van der Waals surface area contributed by atoms with Crippen molar-refractivity contribution in [1.29, 1.82) is 0 Å². The summed E-state index contributed by atoms with van der Waals surface area (Å²) in [4.78, 5) is 44.2. The number of aromatic nitrogens is 1. The number of pyridine rings is 1. The van der Waals surface area contributed by atoms with Crippen molar-refractivity contribution in [3.8, 4) is 5.75 Å². The van der Waals surface area contributed by atoms with Gasteiger partial charge in [0.15, 0.2) is 0 Å². The molecule has 1 aromatic heterocycles. The van der Waals surface area contributed by atoms with E-state index in [1.54, 1.807) is 34.0 Å². The number of rotatable bonds is 15. The Morgan fingerprint density at radius 1 is 1.14 bits per heavy atom. The molecular formula is C33H47N3O6S2. The predicted octanol–water partition coefficient (Wildman–Crippen LogP) is 7.92. The van der Waals surface area contributed by atoms with Crippen LogP contribution in [0.2, 0.25) is 0 Å². The molecule has 242 valence electrons. The summed E-state index contributed by atoms with van der Waals surface area (Å²) in [5, 5.41) is 3.69. The van der Waals surface area contributed by atoms with Gasteiger partial charge in [-0.05, 0) is 79.5 Å². The maximum absolute atomic E-state index is 13.8. The number of nitrogens with one attached hydrogen (secondary N) is 1. The molecule has 0 bridgehead atoms. The first-order chi connectivity index (χ1) is 20.9. The minimum Gasteiger partial charge on any atom is -0.493 e. The normalized spacial score (nSPS) is 15.5. The number of ether oxygens (including phenoxy) is 3. The Labute approximate surface area is 270 Å². The minimum atomic E-state index is -0.649. The van der Waals surface area contributed by atoms with E-state index in [1.807, 2.05) is 32.0 Å². The van der Waals surface area contributed by atoms with Crippen LogP contribution in [0.3, 0.4) is 0 Å². The zero-order valence-corrected chi connectivity index (χ0v) is 28.5. The van der Waals surface area contributed by atoms with E-state index in [4.69, 9.17) is 14.2 Å². The maximum atomic E-state index is 13.8. The van der Waals surface area contributed by atoms with Crippen LogP contribution in [0.15, 0.2) is 41.6 Å². The zero-order chi connectivity index (χ0) is 32.1. The molecule has 1 aliphatic rings. The van der Waals surface area contributed by atoms with E-state index in [0.717, 1.165) is 49.1 Å². The number of hydrogen-bond acceptors (Lipinski definition) is 9. The number of likely N-dealkylation sites (tertiary alicyclic amines) is 1. The number of carbonyl (C=O) groups is 3. The molecule has 3 rings (SSSR count). The lowest BCUT2D eigenvalue weighted by atomic mass is 9.89. The fraction of sp³-hybridized carbons (Fsp3) is 0.576. The monoisotopic (exact) mass is 645 g/mol. The first-order valence-electron chi connectivity index (χ1n) is 15.3. The van der Waals surface area contributed by atoms with Crippen molar-refractivity contribution >= 4 is 45.2 Å². The van der Waals surface area contributed by atoms with Gasteiger partial charge in [0.25, 0.3) is 5.91 Å². The topological polar surface area (TPSA) is 107 Å². The molecule has 2 amide bonds. The van der Waals surface area contributed by atoms with Crippen molar-refractivity contribution in [2.24, 2.45) is 5.41 Å². The zero-order valence-electron chi connectivity index (χ0n) is 26.9. The van der Waals surface area contributed by atoms with Gasteiger partial charge < -0.3 is 19.1 Å². The average molecular weight is 646 g/mol. The van der Waals surface area contributed by atoms with Gasteiger partial charge in [0.2, 0.25) is 0 Å². The van der Waals surface area contributed by atoms with Gasteiger partial charge in [-0.15, -0.1) is 0 Å². The second kappa shape index (κ2) is 17.5. The van der Waals surface area contributed by atoms with E-state index in [-0.39, 0.29) is 36.4 Å². The van der Waals surface area contributed by atoms with Crippen LogP contribution < -0.4 is 10.1 Å². The first-order valence-corrected chi connectivity index (χ1v) is 17.5. The van der Waals surface area contributed by atoms with Gasteiger partial charge in [-0.25, -0.2) is 9.78 Å². The third-order valence-corrected chi connectivity index (χ3v) is 9.87. The van der Waals surface area contributed by atoms with Gasteiger partial charge in [0.1, 0.15) is 24.0 Å². The average Bonchev–Trinajstić information content (AvgIpc) is 3.45. The number of benzene rings is 1. The molecule has 0 saturated carbocycles. The highest BCUT2D eigenvalue weighted by Crippen LogP contribution is 2.34. The molecule has 1 aliphatic heterocycles. The third kappa shape index (κ3) is 12.2. The second-order valence-electron chi connectivity index (χ2n) is 12.4. The Morgan fingerprint density at radius 2 is 1.93 bits per heavy atom. The van der Waals surface area contributed by atoms with Crippen LogP contribution in [0.1, 0.15) is 89.1 Å². The Morgan fingerprint density at radius 3 is 2.64 bits per heavy atom. The van der Waals surface area contributed by atoms with Crippen LogP contribution in [0, 0.1) is 12.3 Å². The van der Waals surface area contributed by atoms with Crippen molar-refractivity contribution in [2.45, 2.75) is 96.4 Å². The molecule has 2 aromatic rings. The van der Waals surface area contributed by atoms with Crippen LogP contribution in [-0.2, 0) is 14.3 Å². The predicted molar refractivity (Wildman–Crippen MR) is 177 cm³/mol. The third-order valence-electron chi connectivity index (χ3n) is 7.11. The van der Waals surface area contributed by atoms with Crippen LogP contribution >= 0.6 is 21.6 Å². The summed E-state index contributed by atoms with van der Waals surface area (Å²) in [5.41, 5.74) is 1.79. The smallest absolute Gasteiger partial charge is 0.411 e. The molecule has 9 nitrogen and oxygen atoms in total. The number of hydrogen-bond donors (Lipinski definition) is 1. The number of esters is 1. The molecular weight excluding hydrogens is 599 g/mol. The van der Waals surface area contributed by atoms with Gasteiger partial charge in [-0.3, -0.25) is 14.9 Å². The maximum Gasteiger partial charge on any atom is 0.411 e. The molecule has 0 aliphatic carbocycles. The minimum absolute atomic E-state index is 0.00990. The lowest BCUT2D eigenvalue weighted by molar-refractivity contribution is -0.142. The molecule has 1 N–H and O–H groups in total.